The van der Waals surface area contributed by atoms with Crippen molar-refractivity contribution in [2.24, 2.45) is 5.92 Å². The van der Waals surface area contributed by atoms with Gasteiger partial charge in [-0.25, -0.2) is 0 Å². The van der Waals surface area contributed by atoms with Crippen molar-refractivity contribution in [3.8, 4) is 11.8 Å². The Bertz CT molecular complexity index is 508. The Morgan fingerprint density at radius 1 is 1.37 bits per heavy atom. The minimum absolute atomic E-state index is 0.0460. The zero-order valence-corrected chi connectivity index (χ0v) is 11.4. The van der Waals surface area contributed by atoms with Gasteiger partial charge in [-0.15, -0.1) is 0 Å². The molecule has 0 saturated heterocycles. The van der Waals surface area contributed by atoms with Crippen LogP contribution in [0.1, 0.15) is 32.8 Å². The molecule has 1 aliphatic carbocycles. The van der Waals surface area contributed by atoms with Gasteiger partial charge in [0.2, 0.25) is 5.91 Å². The van der Waals surface area contributed by atoms with Gasteiger partial charge in [0.25, 0.3) is 0 Å². The third kappa shape index (κ3) is 3.72. The van der Waals surface area contributed by atoms with E-state index in [-0.39, 0.29) is 23.5 Å². The van der Waals surface area contributed by atoms with Gasteiger partial charge in [-0.3, -0.25) is 4.79 Å². The Kier molecular flexibility index (Phi) is 3.48. The molecule has 0 unspecified atom stereocenters. The summed E-state index contributed by atoms with van der Waals surface area (Å²) >= 11 is 0. The van der Waals surface area contributed by atoms with Crippen molar-refractivity contribution in [2.75, 3.05) is 0 Å². The molecule has 1 amide bonds. The van der Waals surface area contributed by atoms with E-state index in [1.54, 1.807) is 24.3 Å². The molecular weight excluding hydrogens is 240 g/mol. The van der Waals surface area contributed by atoms with Crippen LogP contribution >= 0.6 is 0 Å². The van der Waals surface area contributed by atoms with Crippen molar-refractivity contribution in [3.63, 3.8) is 0 Å². The first-order valence-electron chi connectivity index (χ1n) is 6.38. The molecule has 4 heteroatoms. The Morgan fingerprint density at radius 2 is 2.00 bits per heavy atom. The number of hydrogen-bond donors (Lipinski definition) is 1. The number of benzene rings is 1. The summed E-state index contributed by atoms with van der Waals surface area (Å²) in [7, 11) is 0. The molecule has 0 aromatic heterocycles. The Hall–Kier alpha value is -2.02. The molecule has 1 aliphatic rings. The summed E-state index contributed by atoms with van der Waals surface area (Å²) in [5, 5.41) is 11.7. The number of rotatable bonds is 3. The minimum atomic E-state index is -0.210. The van der Waals surface area contributed by atoms with Crippen LogP contribution in [-0.4, -0.2) is 17.6 Å². The number of nitriles is 1. The highest BCUT2D eigenvalue weighted by atomic mass is 16.5. The fraction of sp³-hybridized carbons (Fsp3) is 0.467. The van der Waals surface area contributed by atoms with Crippen molar-refractivity contribution < 1.29 is 9.53 Å². The Balaban J connectivity index is 1.86. The van der Waals surface area contributed by atoms with E-state index in [1.165, 1.54) is 0 Å². The molecule has 0 aliphatic heterocycles. The summed E-state index contributed by atoms with van der Waals surface area (Å²) in [5.74, 6) is 0.691. The Labute approximate surface area is 113 Å². The number of nitrogens with one attached hydrogen (secondary N) is 1. The number of carbonyl (C=O) groups excluding carboxylic acids is 1. The van der Waals surface area contributed by atoms with Gasteiger partial charge in [0, 0.05) is 12.0 Å². The van der Waals surface area contributed by atoms with Crippen molar-refractivity contribution in [1.82, 2.24) is 5.32 Å². The second-order valence-electron chi connectivity index (χ2n) is 5.87. The molecule has 0 heterocycles. The SMILES string of the molecule is CC(C)(C)NC(=O)[C@@H]1C[C@H]1Oc1ccc(C#N)cc1. The summed E-state index contributed by atoms with van der Waals surface area (Å²) in [6, 6.07) is 9.00. The molecule has 4 nitrogen and oxygen atoms in total. The summed E-state index contributed by atoms with van der Waals surface area (Å²) in [6.07, 6.45) is 0.706. The zero-order chi connectivity index (χ0) is 14.0. The first-order valence-corrected chi connectivity index (χ1v) is 6.38. The molecule has 100 valence electrons. The number of ether oxygens (including phenoxy) is 1. The fourth-order valence-corrected chi connectivity index (χ4v) is 1.82. The van der Waals surface area contributed by atoms with E-state index in [4.69, 9.17) is 10.00 Å². The van der Waals surface area contributed by atoms with Crippen molar-refractivity contribution in [1.29, 1.82) is 5.26 Å². The van der Waals surface area contributed by atoms with Crippen LogP contribution in [0.2, 0.25) is 0 Å². The average Bonchev–Trinajstić information content (AvgIpc) is 3.07. The second-order valence-corrected chi connectivity index (χ2v) is 5.87. The van der Waals surface area contributed by atoms with Gasteiger partial charge in [0.1, 0.15) is 11.9 Å². The van der Waals surface area contributed by atoms with Gasteiger partial charge in [0.15, 0.2) is 0 Å². The number of hydrogen-bond acceptors (Lipinski definition) is 3. The molecule has 1 saturated carbocycles. The first-order chi connectivity index (χ1) is 8.89. The largest absolute Gasteiger partial charge is 0.490 e. The molecule has 1 aromatic rings. The second kappa shape index (κ2) is 4.93. The molecule has 0 spiro atoms. The summed E-state index contributed by atoms with van der Waals surface area (Å²) in [5.41, 5.74) is 0.392. The molecule has 2 rings (SSSR count). The lowest BCUT2D eigenvalue weighted by molar-refractivity contribution is -0.124. The van der Waals surface area contributed by atoms with Crippen LogP contribution in [0.4, 0.5) is 0 Å². The number of nitrogens with zero attached hydrogens (tertiary/aromatic N) is 1. The van der Waals surface area contributed by atoms with Crippen molar-refractivity contribution in [3.05, 3.63) is 29.8 Å². The van der Waals surface area contributed by atoms with Gasteiger partial charge >= 0.3 is 0 Å². The van der Waals surface area contributed by atoms with E-state index < -0.39 is 0 Å². The van der Waals surface area contributed by atoms with E-state index >= 15 is 0 Å². The van der Waals surface area contributed by atoms with E-state index in [0.717, 1.165) is 6.42 Å². The standard InChI is InChI=1S/C15H18N2O2/c1-15(2,3)17-14(18)12-8-13(12)19-11-6-4-10(9-16)5-7-11/h4-7,12-13H,8H2,1-3H3,(H,17,18)/t12-,13-/m1/s1. The highest BCUT2D eigenvalue weighted by molar-refractivity contribution is 5.82. The molecule has 2 atom stereocenters. The minimum Gasteiger partial charge on any atom is -0.490 e. The van der Waals surface area contributed by atoms with Crippen LogP contribution in [0, 0.1) is 17.2 Å². The van der Waals surface area contributed by atoms with Crippen molar-refractivity contribution >= 4 is 5.91 Å². The van der Waals surface area contributed by atoms with E-state index in [0.29, 0.717) is 11.3 Å². The number of amides is 1. The smallest absolute Gasteiger partial charge is 0.227 e. The quantitative estimate of drug-likeness (QED) is 0.904. The lowest BCUT2D eigenvalue weighted by Crippen LogP contribution is -2.42. The predicted molar refractivity (Wildman–Crippen MR) is 71.6 cm³/mol. The monoisotopic (exact) mass is 258 g/mol. The maximum Gasteiger partial charge on any atom is 0.227 e. The molecule has 19 heavy (non-hydrogen) atoms. The maximum absolute atomic E-state index is 11.9. The van der Waals surface area contributed by atoms with Crippen LogP contribution < -0.4 is 10.1 Å². The third-order valence-corrected chi connectivity index (χ3v) is 2.84. The summed E-state index contributed by atoms with van der Waals surface area (Å²) in [4.78, 5) is 11.9. The molecule has 0 bridgehead atoms. The maximum atomic E-state index is 11.9. The lowest BCUT2D eigenvalue weighted by atomic mass is 10.1. The number of carbonyl (C=O) groups is 1. The molecule has 1 N–H and O–H groups in total. The van der Waals surface area contributed by atoms with E-state index in [1.807, 2.05) is 20.8 Å². The third-order valence-electron chi connectivity index (χ3n) is 2.84. The topological polar surface area (TPSA) is 62.1 Å². The zero-order valence-electron chi connectivity index (χ0n) is 11.4. The Morgan fingerprint density at radius 3 is 2.53 bits per heavy atom. The van der Waals surface area contributed by atoms with Gasteiger partial charge in [-0.2, -0.15) is 5.26 Å². The highest BCUT2D eigenvalue weighted by Gasteiger charge is 2.46. The van der Waals surface area contributed by atoms with E-state index in [2.05, 4.69) is 11.4 Å². The molecule has 1 fully saturated rings. The summed E-state index contributed by atoms with van der Waals surface area (Å²) < 4.78 is 5.70. The van der Waals surface area contributed by atoms with Crippen LogP contribution in [0.15, 0.2) is 24.3 Å². The van der Waals surface area contributed by atoms with Crippen LogP contribution in [0.5, 0.6) is 5.75 Å². The highest BCUT2D eigenvalue weighted by Crippen LogP contribution is 2.35. The molecule has 1 aromatic carbocycles. The molecular formula is C15H18N2O2. The van der Waals surface area contributed by atoms with Gasteiger partial charge in [-0.05, 0) is 45.0 Å². The van der Waals surface area contributed by atoms with Crippen LogP contribution in [-0.2, 0) is 4.79 Å². The fourth-order valence-electron chi connectivity index (χ4n) is 1.82. The van der Waals surface area contributed by atoms with Crippen LogP contribution in [0.3, 0.4) is 0 Å². The van der Waals surface area contributed by atoms with Gasteiger partial charge < -0.3 is 10.1 Å². The van der Waals surface area contributed by atoms with Crippen molar-refractivity contribution in [2.45, 2.75) is 38.8 Å². The van der Waals surface area contributed by atoms with E-state index in [9.17, 15) is 4.79 Å². The van der Waals surface area contributed by atoms with Gasteiger partial charge in [-0.1, -0.05) is 0 Å². The molecule has 0 radical (unpaired) electrons. The first kappa shape index (κ1) is 13.4. The summed E-state index contributed by atoms with van der Waals surface area (Å²) in [6.45, 7) is 5.89. The normalized spacial score (nSPS) is 21.4. The average molecular weight is 258 g/mol. The van der Waals surface area contributed by atoms with Gasteiger partial charge in [0.05, 0.1) is 17.6 Å². The predicted octanol–water partition coefficient (Wildman–Crippen LogP) is 2.24. The van der Waals surface area contributed by atoms with Crippen LogP contribution in [0.25, 0.3) is 0 Å². The lowest BCUT2D eigenvalue weighted by Gasteiger charge is -2.20.